The molecule has 1 unspecified atom stereocenters. The van der Waals surface area contributed by atoms with Crippen LogP contribution in [0.5, 0.6) is 0 Å². The number of sulfonamides is 1. The predicted octanol–water partition coefficient (Wildman–Crippen LogP) is 3.85. The van der Waals surface area contributed by atoms with Crippen LogP contribution in [-0.2, 0) is 10.0 Å². The van der Waals surface area contributed by atoms with Crippen LogP contribution in [0.3, 0.4) is 0 Å². The van der Waals surface area contributed by atoms with Crippen molar-refractivity contribution in [1.82, 2.24) is 9.29 Å². The molecule has 3 rings (SSSR count). The molecule has 0 amide bonds. The lowest BCUT2D eigenvalue weighted by Crippen LogP contribution is -2.27. The summed E-state index contributed by atoms with van der Waals surface area (Å²) in [6.45, 7) is 6.89. The van der Waals surface area contributed by atoms with E-state index >= 15 is 0 Å². The van der Waals surface area contributed by atoms with Gasteiger partial charge in [0.25, 0.3) is 0 Å². The zero-order valence-corrected chi connectivity index (χ0v) is 17.4. The van der Waals surface area contributed by atoms with Gasteiger partial charge < -0.3 is 0 Å². The zero-order chi connectivity index (χ0) is 19.6. The third kappa shape index (κ3) is 4.42. The van der Waals surface area contributed by atoms with E-state index < -0.39 is 10.0 Å². The summed E-state index contributed by atoms with van der Waals surface area (Å²) in [5, 5.41) is 0.334. The minimum absolute atomic E-state index is 0.0526. The van der Waals surface area contributed by atoms with Crippen LogP contribution >= 0.6 is 11.8 Å². The Labute approximate surface area is 165 Å². The average molecular weight is 405 g/mol. The number of thioether (sulfide) groups is 1. The Morgan fingerprint density at radius 2 is 1.85 bits per heavy atom. The molecule has 1 aromatic heterocycles. The summed E-state index contributed by atoms with van der Waals surface area (Å²) in [6, 6.07) is 9.12. The smallest absolute Gasteiger partial charge is 0.244 e. The second-order valence-electron chi connectivity index (χ2n) is 6.89. The molecule has 0 saturated carbocycles. The molecule has 1 aliphatic heterocycles. The molecule has 0 aliphatic carbocycles. The fraction of sp³-hybridized carbons (Fsp3) is 0.400. The van der Waals surface area contributed by atoms with Gasteiger partial charge in [0.05, 0.1) is 10.3 Å². The molecule has 0 N–H and O–H groups in total. The lowest BCUT2D eigenvalue weighted by molar-refractivity contribution is 0.0993. The van der Waals surface area contributed by atoms with Gasteiger partial charge in [-0.05, 0) is 57.4 Å². The summed E-state index contributed by atoms with van der Waals surface area (Å²) in [5.74, 6) is 0.0526. The predicted molar refractivity (Wildman–Crippen MR) is 108 cm³/mol. The highest BCUT2D eigenvalue weighted by Gasteiger charge is 2.27. The maximum absolute atomic E-state index is 12.8. The van der Waals surface area contributed by atoms with E-state index in [1.54, 1.807) is 12.1 Å². The number of nitrogens with zero attached hydrogens (tertiary/aromatic N) is 2. The summed E-state index contributed by atoms with van der Waals surface area (Å²) in [5.41, 5.74) is 2.73. The molecule has 2 heterocycles. The molecular weight excluding hydrogens is 380 g/mol. The van der Waals surface area contributed by atoms with E-state index in [0.717, 1.165) is 29.5 Å². The molecule has 1 saturated heterocycles. The Bertz CT molecular complexity index is 934. The lowest BCUT2D eigenvalue weighted by Gasteiger charge is -2.16. The molecule has 144 valence electrons. The molecule has 0 spiro atoms. The highest BCUT2D eigenvalue weighted by Crippen LogP contribution is 2.27. The summed E-state index contributed by atoms with van der Waals surface area (Å²) in [6.07, 6.45) is 3.20. The van der Waals surface area contributed by atoms with Gasteiger partial charge in [-0.15, -0.1) is 0 Å². The Kier molecular flexibility index (Phi) is 6.03. The molecule has 0 radical (unpaired) electrons. The maximum atomic E-state index is 12.8. The van der Waals surface area contributed by atoms with E-state index in [-0.39, 0.29) is 15.9 Å². The van der Waals surface area contributed by atoms with Crippen LogP contribution in [-0.4, -0.2) is 41.8 Å². The van der Waals surface area contributed by atoms with Gasteiger partial charge >= 0.3 is 0 Å². The SMILES string of the molecule is Cc1ccc(C)c(C(=O)C(C)Sc2ccc(S(=O)(=O)N3CCCC3)cn2)c1. The van der Waals surface area contributed by atoms with E-state index in [2.05, 4.69) is 4.98 Å². The van der Waals surface area contributed by atoms with Gasteiger partial charge in [-0.25, -0.2) is 13.4 Å². The van der Waals surface area contributed by atoms with E-state index in [4.69, 9.17) is 0 Å². The van der Waals surface area contributed by atoms with Crippen molar-refractivity contribution < 1.29 is 13.2 Å². The van der Waals surface area contributed by atoms with Gasteiger partial charge in [0.15, 0.2) is 5.78 Å². The number of rotatable bonds is 6. The largest absolute Gasteiger partial charge is 0.293 e. The molecule has 0 bridgehead atoms. The number of hydrogen-bond acceptors (Lipinski definition) is 5. The summed E-state index contributed by atoms with van der Waals surface area (Å²) in [4.78, 5) is 17.3. The van der Waals surface area contributed by atoms with Crippen molar-refractivity contribution in [2.24, 2.45) is 0 Å². The Balaban J connectivity index is 1.72. The molecule has 1 aliphatic rings. The van der Waals surface area contributed by atoms with E-state index in [1.165, 1.54) is 22.3 Å². The van der Waals surface area contributed by atoms with E-state index in [9.17, 15) is 13.2 Å². The number of pyridine rings is 1. The third-order valence-corrected chi connectivity index (χ3v) is 7.67. The van der Waals surface area contributed by atoms with Crippen LogP contribution in [0.1, 0.15) is 41.3 Å². The number of ketones is 1. The number of carbonyl (C=O) groups is 1. The topological polar surface area (TPSA) is 67.3 Å². The summed E-state index contributed by atoms with van der Waals surface area (Å²) < 4.78 is 26.6. The van der Waals surface area contributed by atoms with Crippen molar-refractivity contribution in [2.45, 2.75) is 48.8 Å². The van der Waals surface area contributed by atoms with Crippen LogP contribution < -0.4 is 0 Å². The molecule has 5 nitrogen and oxygen atoms in total. The number of aryl methyl sites for hydroxylation is 2. The summed E-state index contributed by atoms with van der Waals surface area (Å²) in [7, 11) is -3.46. The monoisotopic (exact) mass is 404 g/mol. The zero-order valence-electron chi connectivity index (χ0n) is 15.8. The molecular formula is C20H24N2O3S2. The Morgan fingerprint density at radius 1 is 1.15 bits per heavy atom. The number of aromatic nitrogens is 1. The Hall–Kier alpha value is -1.70. The normalized spacial score (nSPS) is 16.4. The van der Waals surface area contributed by atoms with Crippen molar-refractivity contribution in [2.75, 3.05) is 13.1 Å². The maximum Gasteiger partial charge on any atom is 0.244 e. The van der Waals surface area contributed by atoms with Gasteiger partial charge in [0.2, 0.25) is 10.0 Å². The number of carbonyl (C=O) groups excluding carboxylic acids is 1. The summed E-state index contributed by atoms with van der Waals surface area (Å²) >= 11 is 1.34. The third-order valence-electron chi connectivity index (χ3n) is 4.74. The highest BCUT2D eigenvalue weighted by molar-refractivity contribution is 8.00. The molecule has 7 heteroatoms. The van der Waals surface area contributed by atoms with Gasteiger partial charge in [-0.3, -0.25) is 4.79 Å². The number of hydrogen-bond donors (Lipinski definition) is 0. The second kappa shape index (κ2) is 8.12. The quantitative estimate of drug-likeness (QED) is 0.540. The van der Waals surface area contributed by atoms with Crippen molar-refractivity contribution in [3.05, 3.63) is 53.2 Å². The van der Waals surface area contributed by atoms with Gasteiger partial charge in [0, 0.05) is 24.8 Å². The van der Waals surface area contributed by atoms with Crippen LogP contribution in [0, 0.1) is 13.8 Å². The number of Topliss-reactive ketones (excluding diaryl/α,β-unsaturated/α-hetero) is 1. The molecule has 2 aromatic rings. The van der Waals surface area contributed by atoms with Crippen molar-refractivity contribution >= 4 is 27.6 Å². The van der Waals surface area contributed by atoms with Crippen LogP contribution in [0.25, 0.3) is 0 Å². The number of benzene rings is 1. The van der Waals surface area contributed by atoms with Gasteiger partial charge in [0.1, 0.15) is 4.90 Å². The first-order chi connectivity index (χ1) is 12.8. The van der Waals surface area contributed by atoms with Crippen molar-refractivity contribution in [1.29, 1.82) is 0 Å². The van der Waals surface area contributed by atoms with Crippen molar-refractivity contribution in [3.63, 3.8) is 0 Å². The molecule has 27 heavy (non-hydrogen) atoms. The van der Waals surface area contributed by atoms with Crippen molar-refractivity contribution in [3.8, 4) is 0 Å². The van der Waals surface area contributed by atoms with Gasteiger partial charge in [-0.1, -0.05) is 29.5 Å². The fourth-order valence-corrected chi connectivity index (χ4v) is 5.44. The highest BCUT2D eigenvalue weighted by atomic mass is 32.2. The molecule has 1 aromatic carbocycles. The van der Waals surface area contributed by atoms with Crippen LogP contribution in [0.15, 0.2) is 46.5 Å². The molecule has 1 fully saturated rings. The molecule has 1 atom stereocenters. The van der Waals surface area contributed by atoms with Crippen LogP contribution in [0.4, 0.5) is 0 Å². The minimum Gasteiger partial charge on any atom is -0.293 e. The average Bonchev–Trinajstić information content (AvgIpc) is 3.19. The minimum atomic E-state index is -3.46. The standard InChI is InChI=1S/C20H24N2O3S2/c1-14-6-7-15(2)18(12-14)20(23)16(3)26-19-9-8-17(13-21-19)27(24,25)22-10-4-5-11-22/h6-9,12-13,16H,4-5,10-11H2,1-3H3. The second-order valence-corrected chi connectivity index (χ2v) is 10.2. The van der Waals surface area contributed by atoms with E-state index in [0.29, 0.717) is 18.1 Å². The fourth-order valence-electron chi connectivity index (χ4n) is 3.12. The lowest BCUT2D eigenvalue weighted by atomic mass is 10.0. The van der Waals surface area contributed by atoms with Crippen LogP contribution in [0.2, 0.25) is 0 Å². The van der Waals surface area contributed by atoms with Gasteiger partial charge in [-0.2, -0.15) is 4.31 Å². The van der Waals surface area contributed by atoms with E-state index in [1.807, 2.05) is 39.0 Å². The Morgan fingerprint density at radius 3 is 2.48 bits per heavy atom. The first-order valence-electron chi connectivity index (χ1n) is 9.03. The first-order valence-corrected chi connectivity index (χ1v) is 11.4. The first kappa shape index (κ1) is 20.0.